The molecule has 1 aliphatic carbocycles. The molecule has 2 heterocycles. The average molecular weight is 187 g/mol. The molecule has 1 aromatic rings. The Bertz CT molecular complexity index is 365. The zero-order valence-corrected chi connectivity index (χ0v) is 8.03. The number of hydrogen-bond acceptors (Lipinski definition) is 3. The molecule has 2 aliphatic rings. The highest BCUT2D eigenvalue weighted by Gasteiger charge is 2.38. The van der Waals surface area contributed by atoms with E-state index in [0.717, 1.165) is 25.2 Å². The second-order valence-corrected chi connectivity index (χ2v) is 4.23. The Morgan fingerprint density at radius 3 is 2.79 bits per heavy atom. The van der Waals surface area contributed by atoms with Crippen LogP contribution in [0.5, 0.6) is 0 Å². The number of nitrogens with one attached hydrogen (secondary N) is 1. The predicted octanol–water partition coefficient (Wildman–Crippen LogP) is 1.24. The molecule has 3 rings (SSSR count). The van der Waals surface area contributed by atoms with Gasteiger partial charge in [-0.15, -0.1) is 0 Å². The van der Waals surface area contributed by atoms with Crippen LogP contribution < -0.4 is 5.32 Å². The van der Waals surface area contributed by atoms with E-state index < -0.39 is 0 Å². The fourth-order valence-electron chi connectivity index (χ4n) is 2.29. The number of aromatic nitrogens is 2. The maximum absolute atomic E-state index is 4.33. The molecule has 1 saturated heterocycles. The molecule has 0 radical (unpaired) electrons. The maximum atomic E-state index is 4.33. The zero-order valence-electron chi connectivity index (χ0n) is 8.03. The first-order valence-corrected chi connectivity index (χ1v) is 5.07. The molecule has 3 nitrogen and oxygen atoms in total. The van der Waals surface area contributed by atoms with Gasteiger partial charge in [-0.2, -0.15) is 0 Å². The van der Waals surface area contributed by atoms with Crippen molar-refractivity contribution in [1.29, 1.82) is 0 Å². The van der Waals surface area contributed by atoms with Crippen LogP contribution in [0.25, 0.3) is 5.57 Å². The Hall–Kier alpha value is -1.22. The fraction of sp³-hybridized carbons (Fsp3) is 0.455. The summed E-state index contributed by atoms with van der Waals surface area (Å²) in [5, 5.41) is 3.34. The minimum Gasteiger partial charge on any atom is -0.315 e. The smallest absolute Gasteiger partial charge is 0.0841 e. The van der Waals surface area contributed by atoms with Crippen molar-refractivity contribution in [2.75, 3.05) is 13.1 Å². The molecule has 1 spiro atoms. The molecule has 3 heteroatoms. The van der Waals surface area contributed by atoms with Gasteiger partial charge in [0.1, 0.15) is 0 Å². The molecular weight excluding hydrogens is 174 g/mol. The molecule has 1 fully saturated rings. The van der Waals surface area contributed by atoms with Gasteiger partial charge in [0, 0.05) is 30.9 Å². The van der Waals surface area contributed by atoms with Gasteiger partial charge in [0.2, 0.25) is 0 Å². The van der Waals surface area contributed by atoms with E-state index in [1.54, 1.807) is 12.4 Å². The van der Waals surface area contributed by atoms with E-state index in [4.69, 9.17) is 0 Å². The van der Waals surface area contributed by atoms with Gasteiger partial charge in [-0.05, 0) is 18.4 Å². The van der Waals surface area contributed by atoms with Crippen molar-refractivity contribution < 1.29 is 0 Å². The molecule has 0 unspecified atom stereocenters. The van der Waals surface area contributed by atoms with Crippen molar-refractivity contribution in [2.24, 2.45) is 5.41 Å². The lowest BCUT2D eigenvalue weighted by Crippen LogP contribution is -2.50. The third-order valence-corrected chi connectivity index (χ3v) is 3.22. The van der Waals surface area contributed by atoms with Crippen LogP contribution in [0.2, 0.25) is 0 Å². The summed E-state index contributed by atoms with van der Waals surface area (Å²) in [5.74, 6) is 0. The summed E-state index contributed by atoms with van der Waals surface area (Å²) in [7, 11) is 0. The summed E-state index contributed by atoms with van der Waals surface area (Å²) in [6, 6.07) is 0. The number of rotatable bonds is 1. The van der Waals surface area contributed by atoms with Crippen molar-refractivity contribution in [3.63, 3.8) is 0 Å². The standard InChI is InChI=1S/C11H13N3/c1-2-11(7-13-8-11)5-9(1)10-6-12-3-4-14-10/h3-6,13H,1-2,7-8H2. The van der Waals surface area contributed by atoms with E-state index in [1.807, 2.05) is 6.20 Å². The normalized spacial score (nSPS) is 23.3. The van der Waals surface area contributed by atoms with Crippen LogP contribution in [-0.2, 0) is 0 Å². The molecule has 72 valence electrons. The first kappa shape index (κ1) is 8.12. The molecule has 0 amide bonds. The highest BCUT2D eigenvalue weighted by Crippen LogP contribution is 2.42. The van der Waals surface area contributed by atoms with Crippen molar-refractivity contribution in [1.82, 2.24) is 15.3 Å². The summed E-state index contributed by atoms with van der Waals surface area (Å²) in [6.45, 7) is 2.27. The van der Waals surface area contributed by atoms with Crippen LogP contribution >= 0.6 is 0 Å². The van der Waals surface area contributed by atoms with Gasteiger partial charge in [-0.1, -0.05) is 6.08 Å². The lowest BCUT2D eigenvalue weighted by atomic mass is 9.82. The lowest BCUT2D eigenvalue weighted by Gasteiger charge is -2.37. The largest absolute Gasteiger partial charge is 0.315 e. The lowest BCUT2D eigenvalue weighted by molar-refractivity contribution is 0.236. The number of allylic oxidation sites excluding steroid dienone is 1. The summed E-state index contributed by atoms with van der Waals surface area (Å²) in [5.41, 5.74) is 2.88. The van der Waals surface area contributed by atoms with E-state index in [1.165, 1.54) is 12.0 Å². The van der Waals surface area contributed by atoms with Gasteiger partial charge in [0.25, 0.3) is 0 Å². The van der Waals surface area contributed by atoms with Crippen LogP contribution in [0.15, 0.2) is 24.7 Å². The Balaban J connectivity index is 1.91. The van der Waals surface area contributed by atoms with Crippen molar-refractivity contribution in [2.45, 2.75) is 12.8 Å². The summed E-state index contributed by atoms with van der Waals surface area (Å²) < 4.78 is 0. The third-order valence-electron chi connectivity index (χ3n) is 3.22. The molecule has 0 atom stereocenters. The zero-order chi connectivity index (χ0) is 9.43. The van der Waals surface area contributed by atoms with Crippen molar-refractivity contribution in [3.8, 4) is 0 Å². The Kier molecular flexibility index (Phi) is 1.67. The maximum Gasteiger partial charge on any atom is 0.0841 e. The van der Waals surface area contributed by atoms with Crippen LogP contribution in [-0.4, -0.2) is 23.1 Å². The minimum atomic E-state index is 0.451. The van der Waals surface area contributed by atoms with E-state index in [-0.39, 0.29) is 0 Å². The Labute approximate surface area is 83.3 Å². The highest BCUT2D eigenvalue weighted by atomic mass is 15.0. The van der Waals surface area contributed by atoms with Gasteiger partial charge in [-0.25, -0.2) is 0 Å². The van der Waals surface area contributed by atoms with Gasteiger partial charge in [0.15, 0.2) is 0 Å². The van der Waals surface area contributed by atoms with Crippen LogP contribution in [0, 0.1) is 5.41 Å². The molecule has 0 aromatic carbocycles. The van der Waals surface area contributed by atoms with E-state index in [0.29, 0.717) is 5.41 Å². The topological polar surface area (TPSA) is 37.8 Å². The minimum absolute atomic E-state index is 0.451. The van der Waals surface area contributed by atoms with Crippen LogP contribution in [0.4, 0.5) is 0 Å². The molecule has 0 saturated carbocycles. The SMILES string of the molecule is C1=C(c2cnccn2)CCC12CNC2. The number of nitrogens with zero attached hydrogens (tertiary/aromatic N) is 2. The van der Waals surface area contributed by atoms with Crippen LogP contribution in [0.3, 0.4) is 0 Å². The predicted molar refractivity (Wildman–Crippen MR) is 54.5 cm³/mol. The van der Waals surface area contributed by atoms with Gasteiger partial charge in [-0.3, -0.25) is 9.97 Å². The first-order valence-electron chi connectivity index (χ1n) is 5.07. The molecular formula is C11H13N3. The molecule has 1 aromatic heterocycles. The van der Waals surface area contributed by atoms with Crippen molar-refractivity contribution >= 4 is 5.57 Å². The van der Waals surface area contributed by atoms with E-state index in [9.17, 15) is 0 Å². The molecule has 1 N–H and O–H groups in total. The third kappa shape index (κ3) is 1.16. The highest BCUT2D eigenvalue weighted by molar-refractivity contribution is 5.65. The Morgan fingerprint density at radius 2 is 2.21 bits per heavy atom. The molecule has 1 aliphatic heterocycles. The molecule has 14 heavy (non-hydrogen) atoms. The van der Waals surface area contributed by atoms with Crippen molar-refractivity contribution in [3.05, 3.63) is 30.4 Å². The summed E-state index contributed by atoms with van der Waals surface area (Å²) in [6.07, 6.45) is 10.2. The molecule has 0 bridgehead atoms. The number of hydrogen-bond donors (Lipinski definition) is 1. The summed E-state index contributed by atoms with van der Waals surface area (Å²) in [4.78, 5) is 8.44. The van der Waals surface area contributed by atoms with Crippen LogP contribution in [0.1, 0.15) is 18.5 Å². The van der Waals surface area contributed by atoms with Gasteiger partial charge < -0.3 is 5.32 Å². The summed E-state index contributed by atoms with van der Waals surface area (Å²) >= 11 is 0. The van der Waals surface area contributed by atoms with E-state index in [2.05, 4.69) is 21.4 Å². The van der Waals surface area contributed by atoms with E-state index >= 15 is 0 Å². The monoisotopic (exact) mass is 187 g/mol. The quantitative estimate of drug-likeness (QED) is 0.719. The Morgan fingerprint density at radius 1 is 1.29 bits per heavy atom. The first-order chi connectivity index (χ1) is 6.88. The van der Waals surface area contributed by atoms with Gasteiger partial charge in [0.05, 0.1) is 11.9 Å². The average Bonchev–Trinajstić information content (AvgIpc) is 2.63. The fourth-order valence-corrected chi connectivity index (χ4v) is 2.29. The second kappa shape index (κ2) is 2.89. The van der Waals surface area contributed by atoms with Gasteiger partial charge >= 0.3 is 0 Å². The second-order valence-electron chi connectivity index (χ2n) is 4.23.